The van der Waals surface area contributed by atoms with Crippen molar-refractivity contribution in [2.24, 2.45) is 5.92 Å². The molecule has 0 saturated carbocycles. The molecule has 1 aromatic carbocycles. The highest BCUT2D eigenvalue weighted by Crippen LogP contribution is 2.33. The topological polar surface area (TPSA) is 63.6 Å². The first-order valence-corrected chi connectivity index (χ1v) is 6.39. The molecule has 2 rings (SSSR count). The van der Waals surface area contributed by atoms with E-state index in [4.69, 9.17) is 4.74 Å². The number of rotatable bonds is 3. The normalized spacial score (nSPS) is 26.9. The van der Waals surface area contributed by atoms with Crippen LogP contribution in [0.1, 0.15) is 31.9 Å². The second-order valence-corrected chi connectivity index (χ2v) is 5.52. The van der Waals surface area contributed by atoms with Crippen molar-refractivity contribution in [3.63, 3.8) is 0 Å². The van der Waals surface area contributed by atoms with Crippen LogP contribution in [0.3, 0.4) is 0 Å². The molecule has 1 aliphatic rings. The van der Waals surface area contributed by atoms with E-state index in [2.05, 4.69) is 13.8 Å². The van der Waals surface area contributed by atoms with Crippen molar-refractivity contribution in [2.75, 3.05) is 0 Å². The van der Waals surface area contributed by atoms with E-state index in [0.717, 1.165) is 6.42 Å². The van der Waals surface area contributed by atoms with Crippen LogP contribution in [-0.2, 0) is 26.3 Å². The summed E-state index contributed by atoms with van der Waals surface area (Å²) in [6, 6.07) is 7.40. The molecule has 0 aromatic heterocycles. The summed E-state index contributed by atoms with van der Waals surface area (Å²) in [4.78, 5) is 23.2. The van der Waals surface area contributed by atoms with Gasteiger partial charge in [0.25, 0.3) is 0 Å². The Labute approximate surface area is 112 Å². The van der Waals surface area contributed by atoms with E-state index < -0.39 is 23.5 Å². The van der Waals surface area contributed by atoms with E-state index >= 15 is 0 Å². The number of aliphatic hydroxyl groups excluding tert-OH is 1. The molecule has 1 saturated heterocycles. The number of aliphatic hydroxyl groups is 1. The summed E-state index contributed by atoms with van der Waals surface area (Å²) in [5, 5.41) is 9.41. The average molecular weight is 262 g/mol. The highest BCUT2D eigenvalue weighted by atomic mass is 16.6. The Morgan fingerprint density at radius 2 is 1.84 bits per heavy atom. The predicted octanol–water partition coefficient (Wildman–Crippen LogP) is 1.59. The van der Waals surface area contributed by atoms with Crippen LogP contribution in [-0.4, -0.2) is 23.0 Å². The van der Waals surface area contributed by atoms with Gasteiger partial charge in [-0.05, 0) is 24.8 Å². The number of Topliss-reactive ketones (excluding diaryl/α,β-unsaturated/α-hetero) is 1. The van der Waals surface area contributed by atoms with Crippen LogP contribution in [0.4, 0.5) is 0 Å². The van der Waals surface area contributed by atoms with E-state index in [0.29, 0.717) is 11.5 Å². The van der Waals surface area contributed by atoms with Gasteiger partial charge >= 0.3 is 5.97 Å². The summed E-state index contributed by atoms with van der Waals surface area (Å²) >= 11 is 0. The van der Waals surface area contributed by atoms with Crippen molar-refractivity contribution in [1.82, 2.24) is 0 Å². The minimum Gasteiger partial charge on any atom is -0.444 e. The van der Waals surface area contributed by atoms with Crippen molar-refractivity contribution < 1.29 is 19.4 Å². The first-order valence-electron chi connectivity index (χ1n) is 6.39. The molecule has 1 aromatic rings. The molecule has 1 heterocycles. The number of hydrogen-bond acceptors (Lipinski definition) is 4. The van der Waals surface area contributed by atoms with Crippen LogP contribution in [0.15, 0.2) is 24.3 Å². The number of esters is 1. The molecule has 102 valence electrons. The Balaban J connectivity index is 2.27. The van der Waals surface area contributed by atoms with Gasteiger partial charge in [0.2, 0.25) is 11.9 Å². The lowest BCUT2D eigenvalue weighted by atomic mass is 9.89. The standard InChI is InChI=1S/C15H18O4/c1-9(2)8-10-4-6-11(7-5-10)15(3)13(17)12(16)14(18)19-15/h4-7,9,12,16H,8H2,1-3H3. The molecular formula is C15H18O4. The highest BCUT2D eigenvalue weighted by molar-refractivity contribution is 6.11. The molecule has 1 N–H and O–H groups in total. The summed E-state index contributed by atoms with van der Waals surface area (Å²) in [5.41, 5.74) is 0.391. The molecule has 2 unspecified atom stereocenters. The average Bonchev–Trinajstić information content (AvgIpc) is 2.54. The Kier molecular flexibility index (Phi) is 3.45. The third-order valence-electron chi connectivity index (χ3n) is 3.40. The van der Waals surface area contributed by atoms with Gasteiger partial charge in [-0.25, -0.2) is 4.79 Å². The molecule has 19 heavy (non-hydrogen) atoms. The molecule has 0 amide bonds. The van der Waals surface area contributed by atoms with E-state index in [9.17, 15) is 14.7 Å². The summed E-state index contributed by atoms with van der Waals surface area (Å²) in [5.74, 6) is -0.929. The quantitative estimate of drug-likeness (QED) is 0.663. The minimum absolute atomic E-state index is 0.550. The van der Waals surface area contributed by atoms with Gasteiger partial charge in [0.05, 0.1) is 0 Å². The van der Waals surface area contributed by atoms with Gasteiger partial charge < -0.3 is 9.84 Å². The van der Waals surface area contributed by atoms with Crippen LogP contribution >= 0.6 is 0 Å². The smallest absolute Gasteiger partial charge is 0.344 e. The fourth-order valence-corrected chi connectivity index (χ4v) is 2.31. The van der Waals surface area contributed by atoms with Gasteiger partial charge in [-0.15, -0.1) is 0 Å². The molecule has 0 radical (unpaired) electrons. The van der Waals surface area contributed by atoms with Crippen LogP contribution in [0.5, 0.6) is 0 Å². The molecule has 0 spiro atoms. The summed E-state index contributed by atoms with van der Waals surface area (Å²) < 4.78 is 5.04. The third kappa shape index (κ3) is 2.40. The zero-order valence-electron chi connectivity index (χ0n) is 11.3. The van der Waals surface area contributed by atoms with Crippen molar-refractivity contribution in [2.45, 2.75) is 38.9 Å². The minimum atomic E-state index is -1.67. The first kappa shape index (κ1) is 13.7. The summed E-state index contributed by atoms with van der Waals surface area (Å²) in [7, 11) is 0. The molecule has 0 aliphatic carbocycles. The first-order chi connectivity index (χ1) is 8.84. The fraction of sp³-hybridized carbons (Fsp3) is 0.467. The maximum Gasteiger partial charge on any atom is 0.344 e. The predicted molar refractivity (Wildman–Crippen MR) is 69.4 cm³/mol. The Bertz CT molecular complexity index is 503. The van der Waals surface area contributed by atoms with Gasteiger partial charge in [0, 0.05) is 5.56 Å². The molecule has 4 heteroatoms. The van der Waals surface area contributed by atoms with Crippen molar-refractivity contribution in [3.05, 3.63) is 35.4 Å². The van der Waals surface area contributed by atoms with Crippen molar-refractivity contribution in [1.29, 1.82) is 0 Å². The Morgan fingerprint density at radius 1 is 1.26 bits per heavy atom. The number of ketones is 1. The van der Waals surface area contributed by atoms with E-state index in [-0.39, 0.29) is 0 Å². The Hall–Kier alpha value is -1.68. The lowest BCUT2D eigenvalue weighted by Crippen LogP contribution is -2.33. The second kappa shape index (κ2) is 4.78. The lowest BCUT2D eigenvalue weighted by Gasteiger charge is -2.21. The number of hydrogen-bond donors (Lipinski definition) is 1. The van der Waals surface area contributed by atoms with Gasteiger partial charge in [-0.3, -0.25) is 4.79 Å². The van der Waals surface area contributed by atoms with Crippen LogP contribution < -0.4 is 0 Å². The number of carbonyl (C=O) groups excluding carboxylic acids is 2. The SMILES string of the molecule is CC(C)Cc1ccc(C2(C)OC(=O)C(O)C2=O)cc1. The fourth-order valence-electron chi connectivity index (χ4n) is 2.31. The maximum absolute atomic E-state index is 11.9. The van der Waals surface area contributed by atoms with Crippen LogP contribution in [0.25, 0.3) is 0 Å². The molecular weight excluding hydrogens is 244 g/mol. The van der Waals surface area contributed by atoms with E-state index in [1.165, 1.54) is 12.5 Å². The third-order valence-corrected chi connectivity index (χ3v) is 3.40. The van der Waals surface area contributed by atoms with Gasteiger partial charge in [-0.1, -0.05) is 38.1 Å². The number of carbonyl (C=O) groups is 2. The van der Waals surface area contributed by atoms with Crippen molar-refractivity contribution >= 4 is 11.8 Å². The van der Waals surface area contributed by atoms with Crippen LogP contribution in [0.2, 0.25) is 0 Å². The zero-order valence-corrected chi connectivity index (χ0v) is 11.3. The molecule has 1 fully saturated rings. The van der Waals surface area contributed by atoms with Crippen molar-refractivity contribution in [3.8, 4) is 0 Å². The summed E-state index contributed by atoms with van der Waals surface area (Å²) in [6.07, 6.45) is -0.715. The Morgan fingerprint density at radius 3 is 2.26 bits per heavy atom. The van der Waals surface area contributed by atoms with E-state index in [1.54, 1.807) is 12.1 Å². The second-order valence-electron chi connectivity index (χ2n) is 5.52. The molecule has 2 atom stereocenters. The zero-order chi connectivity index (χ0) is 14.2. The maximum atomic E-state index is 11.9. The van der Waals surface area contributed by atoms with Gasteiger partial charge in [-0.2, -0.15) is 0 Å². The molecule has 4 nitrogen and oxygen atoms in total. The van der Waals surface area contributed by atoms with Crippen LogP contribution in [0, 0.1) is 5.92 Å². The summed E-state index contributed by atoms with van der Waals surface area (Å²) in [6.45, 7) is 5.78. The number of cyclic esters (lactones) is 1. The molecule has 0 bridgehead atoms. The number of ether oxygens (including phenoxy) is 1. The number of benzene rings is 1. The van der Waals surface area contributed by atoms with Gasteiger partial charge in [0.15, 0.2) is 5.60 Å². The van der Waals surface area contributed by atoms with E-state index in [1.807, 2.05) is 12.1 Å². The molecule has 1 aliphatic heterocycles. The largest absolute Gasteiger partial charge is 0.444 e. The highest BCUT2D eigenvalue weighted by Gasteiger charge is 2.52. The van der Waals surface area contributed by atoms with Gasteiger partial charge in [0.1, 0.15) is 0 Å². The monoisotopic (exact) mass is 262 g/mol. The lowest BCUT2D eigenvalue weighted by molar-refractivity contribution is -0.153.